The van der Waals surface area contributed by atoms with Crippen LogP contribution in [-0.2, 0) is 27.0 Å². The number of ether oxygens (including phenoxy) is 1. The molecular weight excluding hydrogens is 593 g/mol. The molecule has 0 saturated carbocycles. The van der Waals surface area contributed by atoms with Crippen LogP contribution >= 0.6 is 0 Å². The Hall–Kier alpha value is -5.18. The third-order valence-electron chi connectivity index (χ3n) is 8.06. The van der Waals surface area contributed by atoms with Gasteiger partial charge in [-0.1, -0.05) is 84.9 Å². The van der Waals surface area contributed by atoms with Gasteiger partial charge in [-0.05, 0) is 60.4 Å². The highest BCUT2D eigenvalue weighted by atomic mass is 19.4. The van der Waals surface area contributed by atoms with Crippen molar-refractivity contribution >= 4 is 17.8 Å². The van der Waals surface area contributed by atoms with E-state index in [9.17, 15) is 27.6 Å². The van der Waals surface area contributed by atoms with Crippen molar-refractivity contribution in [3.63, 3.8) is 0 Å². The van der Waals surface area contributed by atoms with E-state index in [-0.39, 0.29) is 43.0 Å². The molecule has 6 nitrogen and oxygen atoms in total. The van der Waals surface area contributed by atoms with Crippen LogP contribution in [0.25, 0.3) is 0 Å². The maximum atomic E-state index is 13.4. The number of carbonyl (C=O) groups excluding carboxylic acids is 3. The number of halogens is 3. The Morgan fingerprint density at radius 2 is 1.43 bits per heavy atom. The fraction of sp³-hybridized carbons (Fsp3) is 0.216. The van der Waals surface area contributed by atoms with Crippen molar-refractivity contribution in [3.05, 3.63) is 154 Å². The van der Waals surface area contributed by atoms with Gasteiger partial charge in [0.1, 0.15) is 0 Å². The molecule has 236 valence electrons. The summed E-state index contributed by atoms with van der Waals surface area (Å²) < 4.78 is 44.7. The second-order valence-corrected chi connectivity index (χ2v) is 11.0. The smallest absolute Gasteiger partial charge is 0.416 e. The van der Waals surface area contributed by atoms with Crippen molar-refractivity contribution in [2.45, 2.75) is 44.9 Å². The van der Waals surface area contributed by atoms with Gasteiger partial charge in [0.25, 0.3) is 5.91 Å². The number of benzene rings is 4. The summed E-state index contributed by atoms with van der Waals surface area (Å²) in [6, 6.07) is 30.4. The van der Waals surface area contributed by atoms with Crippen molar-refractivity contribution in [3.8, 4) is 0 Å². The molecule has 5 rings (SSSR count). The van der Waals surface area contributed by atoms with Crippen LogP contribution in [0.5, 0.6) is 0 Å². The number of alkyl halides is 3. The second kappa shape index (κ2) is 13.9. The molecule has 4 aromatic rings. The summed E-state index contributed by atoms with van der Waals surface area (Å²) in [7, 11) is 0. The van der Waals surface area contributed by atoms with Crippen molar-refractivity contribution in [2.24, 2.45) is 0 Å². The van der Waals surface area contributed by atoms with Crippen molar-refractivity contribution in [2.75, 3.05) is 6.61 Å². The van der Waals surface area contributed by atoms with Crippen LogP contribution < -0.4 is 5.32 Å². The molecule has 1 aliphatic heterocycles. The van der Waals surface area contributed by atoms with Crippen LogP contribution in [-0.4, -0.2) is 29.3 Å². The Bertz CT molecular complexity index is 1680. The van der Waals surface area contributed by atoms with E-state index in [1.54, 1.807) is 38.1 Å². The van der Waals surface area contributed by atoms with Crippen LogP contribution in [0.3, 0.4) is 0 Å². The summed E-state index contributed by atoms with van der Waals surface area (Å²) in [6.45, 7) is 3.52. The summed E-state index contributed by atoms with van der Waals surface area (Å²) in [5.41, 5.74) is 3.25. The fourth-order valence-electron chi connectivity index (χ4n) is 5.67. The second-order valence-electron chi connectivity index (χ2n) is 11.0. The Balaban J connectivity index is 1.36. The molecule has 4 aromatic carbocycles. The molecule has 1 aliphatic rings. The van der Waals surface area contributed by atoms with Crippen molar-refractivity contribution in [1.82, 2.24) is 10.2 Å². The number of amides is 2. The summed E-state index contributed by atoms with van der Waals surface area (Å²) in [4.78, 5) is 41.3. The first kappa shape index (κ1) is 32.2. The normalized spacial score (nSPS) is 15.2. The highest BCUT2D eigenvalue weighted by molar-refractivity contribution is 5.96. The molecule has 2 amide bonds. The number of esters is 1. The van der Waals surface area contributed by atoms with Gasteiger partial charge in [0.15, 0.2) is 0 Å². The minimum Gasteiger partial charge on any atom is -0.463 e. The van der Waals surface area contributed by atoms with E-state index >= 15 is 0 Å². The molecule has 46 heavy (non-hydrogen) atoms. The Kier molecular flexibility index (Phi) is 9.70. The molecule has 1 heterocycles. The molecule has 9 heteroatoms. The van der Waals surface area contributed by atoms with Gasteiger partial charge in [0.2, 0.25) is 5.91 Å². The third-order valence-corrected chi connectivity index (χ3v) is 8.06. The van der Waals surface area contributed by atoms with Crippen molar-refractivity contribution < 1.29 is 32.3 Å². The molecule has 0 fully saturated rings. The summed E-state index contributed by atoms with van der Waals surface area (Å²) >= 11 is 0. The molecule has 0 radical (unpaired) electrons. The lowest BCUT2D eigenvalue weighted by atomic mass is 9.83. The highest BCUT2D eigenvalue weighted by Crippen LogP contribution is 2.39. The average Bonchev–Trinajstić information content (AvgIpc) is 3.06. The lowest BCUT2D eigenvalue weighted by molar-refractivity contribution is -0.140. The van der Waals surface area contributed by atoms with E-state index < -0.39 is 23.6 Å². The van der Waals surface area contributed by atoms with Gasteiger partial charge < -0.3 is 15.0 Å². The number of allylic oxidation sites excluding steroid dienone is 1. The van der Waals surface area contributed by atoms with Gasteiger partial charge in [-0.15, -0.1) is 0 Å². The molecule has 0 bridgehead atoms. The van der Waals surface area contributed by atoms with Crippen molar-refractivity contribution in [1.29, 1.82) is 0 Å². The van der Waals surface area contributed by atoms with Crippen LogP contribution in [0.1, 0.15) is 70.4 Å². The topological polar surface area (TPSA) is 75.7 Å². The van der Waals surface area contributed by atoms with Gasteiger partial charge in [0, 0.05) is 23.6 Å². The highest BCUT2D eigenvalue weighted by Gasteiger charge is 2.38. The van der Waals surface area contributed by atoms with Crippen LogP contribution in [0.4, 0.5) is 13.2 Å². The summed E-state index contributed by atoms with van der Waals surface area (Å²) in [5.74, 6) is -1.93. The number of rotatable bonds is 9. The van der Waals surface area contributed by atoms with E-state index in [0.29, 0.717) is 16.8 Å². The molecule has 1 N–H and O–H groups in total. The lowest BCUT2D eigenvalue weighted by Crippen LogP contribution is -2.38. The molecule has 0 spiro atoms. The number of hydrogen-bond donors (Lipinski definition) is 1. The first-order valence-electron chi connectivity index (χ1n) is 14.9. The van der Waals surface area contributed by atoms with E-state index in [1.165, 1.54) is 17.0 Å². The third kappa shape index (κ3) is 7.20. The van der Waals surface area contributed by atoms with Gasteiger partial charge in [-0.2, -0.15) is 13.2 Å². The van der Waals surface area contributed by atoms with E-state index in [1.807, 2.05) is 60.7 Å². The number of nitrogens with one attached hydrogen (secondary N) is 1. The first-order valence-corrected chi connectivity index (χ1v) is 14.9. The zero-order valence-corrected chi connectivity index (χ0v) is 25.4. The number of hydrogen-bond acceptors (Lipinski definition) is 4. The number of nitrogens with zero attached hydrogens (tertiary/aromatic N) is 1. The fourth-order valence-corrected chi connectivity index (χ4v) is 5.67. The molecular formula is C37H33F3N2O4. The Morgan fingerprint density at radius 3 is 1.96 bits per heavy atom. The van der Waals surface area contributed by atoms with E-state index in [0.717, 1.165) is 28.8 Å². The molecule has 1 unspecified atom stereocenters. The predicted molar refractivity (Wildman–Crippen MR) is 167 cm³/mol. The Morgan fingerprint density at radius 1 is 0.870 bits per heavy atom. The van der Waals surface area contributed by atoms with Gasteiger partial charge >= 0.3 is 12.1 Å². The average molecular weight is 627 g/mol. The van der Waals surface area contributed by atoms with Crippen LogP contribution in [0, 0.1) is 0 Å². The maximum absolute atomic E-state index is 13.4. The monoisotopic (exact) mass is 626 g/mol. The molecule has 0 saturated heterocycles. The lowest BCUT2D eigenvalue weighted by Gasteiger charge is -2.34. The Labute approximate surface area is 265 Å². The summed E-state index contributed by atoms with van der Waals surface area (Å²) in [5, 5.41) is 3.12. The zero-order valence-electron chi connectivity index (χ0n) is 25.4. The van der Waals surface area contributed by atoms with Crippen LogP contribution in [0.15, 0.2) is 120 Å². The molecule has 0 aromatic heterocycles. The predicted octanol–water partition coefficient (Wildman–Crippen LogP) is 7.58. The largest absolute Gasteiger partial charge is 0.463 e. The summed E-state index contributed by atoms with van der Waals surface area (Å²) in [6.07, 6.45) is -4.62. The standard InChI is InChI=1S/C37H33F3N2O4/c1-3-46-36(45)33-24(2)42(32(43)22-31(33)26-18-20-30(21-19-26)37(38,39)40)23-25-14-16-29(17-15-25)35(44)41-34(27-10-6-4-7-11-27)28-12-8-5-9-13-28/h4-21,31,34H,3,22-23H2,1-2H3,(H,41,44). The van der Waals surface area contributed by atoms with Gasteiger partial charge in [-0.25, -0.2) is 4.79 Å². The minimum absolute atomic E-state index is 0.0994. The molecule has 0 aliphatic carbocycles. The van der Waals surface area contributed by atoms with E-state index in [4.69, 9.17) is 4.74 Å². The molecule has 1 atom stereocenters. The maximum Gasteiger partial charge on any atom is 0.416 e. The quantitative estimate of drug-likeness (QED) is 0.195. The van der Waals surface area contributed by atoms with E-state index in [2.05, 4.69) is 5.32 Å². The van der Waals surface area contributed by atoms with Gasteiger partial charge in [-0.3, -0.25) is 9.59 Å². The zero-order chi connectivity index (χ0) is 32.8. The first-order chi connectivity index (χ1) is 22.1. The number of carbonyl (C=O) groups is 3. The minimum atomic E-state index is -4.50. The SMILES string of the molecule is CCOC(=O)C1=C(C)N(Cc2ccc(C(=O)NC(c3ccccc3)c3ccccc3)cc2)C(=O)CC1c1ccc(C(F)(F)F)cc1. The van der Waals surface area contributed by atoms with Gasteiger partial charge in [0.05, 0.1) is 30.3 Å². The van der Waals surface area contributed by atoms with Crippen LogP contribution in [0.2, 0.25) is 0 Å².